The van der Waals surface area contributed by atoms with Crippen molar-refractivity contribution < 1.29 is 13.9 Å². The molecule has 1 fully saturated rings. The van der Waals surface area contributed by atoms with Crippen LogP contribution in [0.25, 0.3) is 0 Å². The van der Waals surface area contributed by atoms with Crippen LogP contribution in [0.1, 0.15) is 48.0 Å². The monoisotopic (exact) mass is 304 g/mol. The number of hydrogen-bond acceptors (Lipinski definition) is 3. The van der Waals surface area contributed by atoms with Crippen LogP contribution in [0.5, 0.6) is 0 Å². The van der Waals surface area contributed by atoms with Gasteiger partial charge in [0.1, 0.15) is 5.82 Å². The molecule has 118 valence electrons. The molecule has 1 N–H and O–H groups in total. The van der Waals surface area contributed by atoms with Gasteiger partial charge in [0, 0.05) is 20.3 Å². The summed E-state index contributed by atoms with van der Waals surface area (Å²) in [6.07, 6.45) is 5.30. The molecule has 0 spiro atoms. The van der Waals surface area contributed by atoms with E-state index >= 15 is 0 Å². The van der Waals surface area contributed by atoms with Crippen molar-refractivity contribution in [1.82, 2.24) is 5.32 Å². The fourth-order valence-corrected chi connectivity index (χ4v) is 3.09. The number of carbonyl (C=O) groups excluding carboxylic acids is 1. The minimum Gasteiger partial charge on any atom is -0.385 e. The number of carbonyl (C=O) groups is 1. The highest BCUT2D eigenvalue weighted by molar-refractivity contribution is 5.94. The van der Waals surface area contributed by atoms with Crippen LogP contribution in [0.3, 0.4) is 0 Å². The number of nitrogens with zero attached hydrogens (tertiary/aromatic N) is 1. The van der Waals surface area contributed by atoms with Crippen molar-refractivity contribution in [2.24, 2.45) is 5.41 Å². The molecule has 0 atom stereocenters. The molecule has 1 aliphatic rings. The predicted octanol–water partition coefficient (Wildman–Crippen LogP) is 3.02. The lowest BCUT2D eigenvalue weighted by Gasteiger charge is -2.29. The minimum absolute atomic E-state index is 0.0506. The van der Waals surface area contributed by atoms with Gasteiger partial charge in [-0.1, -0.05) is 12.8 Å². The van der Waals surface area contributed by atoms with E-state index in [2.05, 4.69) is 5.32 Å². The molecule has 1 aromatic carbocycles. The third kappa shape index (κ3) is 3.83. The first-order valence-electron chi connectivity index (χ1n) is 7.57. The summed E-state index contributed by atoms with van der Waals surface area (Å²) in [5, 5.41) is 11.7. The smallest absolute Gasteiger partial charge is 0.254 e. The quantitative estimate of drug-likeness (QED) is 0.878. The van der Waals surface area contributed by atoms with Crippen LogP contribution >= 0.6 is 0 Å². The summed E-state index contributed by atoms with van der Waals surface area (Å²) in [5.41, 5.74) is 0.259. The Morgan fingerprint density at radius 1 is 1.45 bits per heavy atom. The van der Waals surface area contributed by atoms with Crippen molar-refractivity contribution in [3.8, 4) is 6.07 Å². The maximum Gasteiger partial charge on any atom is 0.254 e. The molecule has 0 aromatic heterocycles. The van der Waals surface area contributed by atoms with Crippen molar-refractivity contribution in [3.63, 3.8) is 0 Å². The second-order valence-electron chi connectivity index (χ2n) is 5.94. The van der Waals surface area contributed by atoms with Crippen LogP contribution in [-0.2, 0) is 4.74 Å². The normalized spacial score (nSPS) is 16.2. The third-order valence-corrected chi connectivity index (χ3v) is 4.46. The highest BCUT2D eigenvalue weighted by Crippen LogP contribution is 2.40. The number of hydrogen-bond donors (Lipinski definition) is 1. The molecule has 1 saturated carbocycles. The topological polar surface area (TPSA) is 62.1 Å². The Morgan fingerprint density at radius 3 is 2.82 bits per heavy atom. The molecular formula is C17H21FN2O2. The molecule has 2 rings (SSSR count). The molecule has 1 aromatic rings. The van der Waals surface area contributed by atoms with E-state index in [1.54, 1.807) is 7.11 Å². The van der Waals surface area contributed by atoms with Gasteiger partial charge < -0.3 is 10.1 Å². The third-order valence-electron chi connectivity index (χ3n) is 4.46. The Labute approximate surface area is 130 Å². The molecule has 0 unspecified atom stereocenters. The zero-order valence-electron chi connectivity index (χ0n) is 12.8. The van der Waals surface area contributed by atoms with Crippen LogP contribution in [0, 0.1) is 22.6 Å². The fourth-order valence-electron chi connectivity index (χ4n) is 3.09. The maximum atomic E-state index is 13.8. The van der Waals surface area contributed by atoms with E-state index in [-0.39, 0.29) is 16.5 Å². The second-order valence-corrected chi connectivity index (χ2v) is 5.94. The SMILES string of the molecule is COCCC1(CNC(=O)c2cc(C#N)ccc2F)CCCC1. The summed E-state index contributed by atoms with van der Waals surface area (Å²) in [6.45, 7) is 1.18. The van der Waals surface area contributed by atoms with Crippen molar-refractivity contribution in [2.45, 2.75) is 32.1 Å². The van der Waals surface area contributed by atoms with Gasteiger partial charge in [-0.15, -0.1) is 0 Å². The molecule has 1 aliphatic carbocycles. The van der Waals surface area contributed by atoms with E-state index in [9.17, 15) is 9.18 Å². The van der Waals surface area contributed by atoms with Gasteiger partial charge in [-0.2, -0.15) is 5.26 Å². The Morgan fingerprint density at radius 2 is 2.18 bits per heavy atom. The van der Waals surface area contributed by atoms with Gasteiger partial charge in [0.15, 0.2) is 0 Å². The molecule has 0 radical (unpaired) electrons. The first-order chi connectivity index (χ1) is 10.6. The van der Waals surface area contributed by atoms with E-state index in [1.165, 1.54) is 12.1 Å². The highest BCUT2D eigenvalue weighted by atomic mass is 19.1. The van der Waals surface area contributed by atoms with Crippen molar-refractivity contribution in [2.75, 3.05) is 20.3 Å². The van der Waals surface area contributed by atoms with E-state index in [0.717, 1.165) is 38.2 Å². The molecule has 22 heavy (non-hydrogen) atoms. The Bertz CT molecular complexity index is 575. The second kappa shape index (κ2) is 7.37. The van der Waals surface area contributed by atoms with Crippen LogP contribution in [0.4, 0.5) is 4.39 Å². The van der Waals surface area contributed by atoms with Crippen LogP contribution in [0.15, 0.2) is 18.2 Å². The van der Waals surface area contributed by atoms with Crippen LogP contribution in [0.2, 0.25) is 0 Å². The Balaban J connectivity index is 2.04. The van der Waals surface area contributed by atoms with Crippen molar-refractivity contribution in [3.05, 3.63) is 35.1 Å². The number of halogens is 1. The zero-order chi connectivity index (χ0) is 16.0. The van der Waals surface area contributed by atoms with Gasteiger partial charge in [0.25, 0.3) is 5.91 Å². The van der Waals surface area contributed by atoms with E-state index in [1.807, 2.05) is 6.07 Å². The molecule has 4 nitrogen and oxygen atoms in total. The molecule has 1 amide bonds. The number of nitriles is 1. The number of nitrogens with one attached hydrogen (secondary N) is 1. The average Bonchev–Trinajstić information content (AvgIpc) is 3.00. The maximum absolute atomic E-state index is 13.8. The van der Waals surface area contributed by atoms with Crippen LogP contribution < -0.4 is 5.32 Å². The largest absolute Gasteiger partial charge is 0.385 e. The molecule has 0 aliphatic heterocycles. The first-order valence-corrected chi connectivity index (χ1v) is 7.57. The number of ether oxygens (including phenoxy) is 1. The molecule has 0 saturated heterocycles. The van der Waals surface area contributed by atoms with Gasteiger partial charge in [-0.05, 0) is 42.9 Å². The van der Waals surface area contributed by atoms with Gasteiger partial charge in [0.05, 0.1) is 17.2 Å². The number of benzene rings is 1. The van der Waals surface area contributed by atoms with E-state index in [4.69, 9.17) is 10.00 Å². The zero-order valence-corrected chi connectivity index (χ0v) is 12.8. The van der Waals surface area contributed by atoms with Gasteiger partial charge in [-0.3, -0.25) is 4.79 Å². The number of rotatable bonds is 6. The highest BCUT2D eigenvalue weighted by Gasteiger charge is 2.34. The van der Waals surface area contributed by atoms with Crippen LogP contribution in [-0.4, -0.2) is 26.2 Å². The lowest BCUT2D eigenvalue weighted by Crippen LogP contribution is -2.37. The minimum atomic E-state index is -0.603. The lowest BCUT2D eigenvalue weighted by atomic mass is 9.83. The number of methoxy groups -OCH3 is 1. The standard InChI is InChI=1S/C17H21FN2O2/c1-22-9-8-17(6-2-3-7-17)12-20-16(21)14-10-13(11-19)4-5-15(14)18/h4-5,10H,2-3,6-9,12H2,1H3,(H,20,21). The number of amides is 1. The van der Waals surface area contributed by atoms with Gasteiger partial charge in [-0.25, -0.2) is 4.39 Å². The summed E-state index contributed by atoms with van der Waals surface area (Å²) >= 11 is 0. The summed E-state index contributed by atoms with van der Waals surface area (Å²) in [4.78, 5) is 12.2. The summed E-state index contributed by atoms with van der Waals surface area (Å²) in [6, 6.07) is 5.73. The van der Waals surface area contributed by atoms with Gasteiger partial charge >= 0.3 is 0 Å². The summed E-state index contributed by atoms with van der Waals surface area (Å²) in [7, 11) is 1.67. The summed E-state index contributed by atoms with van der Waals surface area (Å²) in [5.74, 6) is -1.06. The van der Waals surface area contributed by atoms with Crippen molar-refractivity contribution in [1.29, 1.82) is 5.26 Å². The lowest BCUT2D eigenvalue weighted by molar-refractivity contribution is 0.0899. The molecule has 0 bridgehead atoms. The first kappa shape index (κ1) is 16.4. The molecular weight excluding hydrogens is 283 g/mol. The summed E-state index contributed by atoms with van der Waals surface area (Å²) < 4.78 is 18.9. The fraction of sp³-hybridized carbons (Fsp3) is 0.529. The average molecular weight is 304 g/mol. The Kier molecular flexibility index (Phi) is 5.51. The van der Waals surface area contributed by atoms with Gasteiger partial charge in [0.2, 0.25) is 0 Å². The van der Waals surface area contributed by atoms with Crippen molar-refractivity contribution >= 4 is 5.91 Å². The molecule has 0 heterocycles. The molecule has 5 heteroatoms. The predicted molar refractivity (Wildman–Crippen MR) is 80.8 cm³/mol. The van der Waals surface area contributed by atoms with E-state index < -0.39 is 11.7 Å². The Hall–Kier alpha value is -1.93. The van der Waals surface area contributed by atoms with E-state index in [0.29, 0.717) is 13.2 Å².